The van der Waals surface area contributed by atoms with Gasteiger partial charge >= 0.3 is 23.9 Å². The first-order chi connectivity index (χ1) is 66.8. The van der Waals surface area contributed by atoms with Gasteiger partial charge in [0.25, 0.3) is 23.1 Å². The molecule has 57 nitrogen and oxygen atoms in total. The van der Waals surface area contributed by atoms with E-state index in [9.17, 15) is 187 Å². The summed E-state index contributed by atoms with van der Waals surface area (Å²) in [6.07, 6.45) is -82.2. The molecule has 0 bridgehead atoms. The van der Waals surface area contributed by atoms with Gasteiger partial charge in [-0.2, -0.15) is 0 Å². The topological polar surface area (TPSA) is 937 Å². The maximum atomic E-state index is 13.7. The smallest absolute Gasteiger partial charge is 0.364 e. The van der Waals surface area contributed by atoms with Crippen molar-refractivity contribution in [2.75, 3.05) is 65.2 Å². The van der Waals surface area contributed by atoms with Crippen molar-refractivity contribution in [2.45, 2.75) is 342 Å². The first-order valence-corrected chi connectivity index (χ1v) is 45.3. The molecule has 1 amide bonds. The number of aryl methyl sites for hydroxylation is 1. The summed E-state index contributed by atoms with van der Waals surface area (Å²) in [5.74, 6) is -26.0. The predicted molar refractivity (Wildman–Crippen MR) is 452 cm³/mol. The Hall–Kier alpha value is -6.57. The Morgan fingerprint density at radius 2 is 0.676 bits per heavy atom. The van der Waals surface area contributed by atoms with Gasteiger partial charge in [0.1, 0.15) is 182 Å². The Labute approximate surface area is 806 Å². The first-order valence-electron chi connectivity index (χ1n) is 45.3. The fraction of sp³-hybridized carbons (Fsp3) is 0.800. The third kappa shape index (κ3) is 25.4. The van der Waals surface area contributed by atoms with Crippen LogP contribution in [0.3, 0.4) is 0 Å². The molecule has 9 aliphatic rings. The van der Waals surface area contributed by atoms with Gasteiger partial charge in [0.2, 0.25) is 18.5 Å². The molecule has 0 saturated carbocycles. The Bertz CT molecular complexity index is 4320. The van der Waals surface area contributed by atoms with Crippen LogP contribution in [0.25, 0.3) is 0 Å². The molecule has 0 spiro atoms. The number of carboxylic acid groups (broad SMARTS) is 4. The number of rotatable bonds is 40. The monoisotopic (exact) mass is 2060 g/mol. The maximum Gasteiger partial charge on any atom is 0.364 e. The Kier molecular flexibility index (Phi) is 41.1. The van der Waals surface area contributed by atoms with Crippen molar-refractivity contribution >= 4 is 35.5 Å². The van der Waals surface area contributed by atoms with Crippen molar-refractivity contribution in [2.24, 2.45) is 23.7 Å². The number of aliphatic hydroxyl groups is 28. The molecule has 35 N–H and O–H groups in total. The molecule has 9 fully saturated rings. The lowest BCUT2D eigenvalue weighted by molar-refractivity contribution is -0.402. The molecule has 0 aromatic heterocycles. The fourth-order valence-electron chi connectivity index (χ4n) is 18.1. The second kappa shape index (κ2) is 49.7. The summed E-state index contributed by atoms with van der Waals surface area (Å²) in [6, 6.07) is 10.5. The number of aliphatic carboxylic acids is 4. The van der Waals surface area contributed by atoms with Crippen LogP contribution in [0.5, 0.6) is 11.5 Å². The summed E-state index contributed by atoms with van der Waals surface area (Å²) in [6.45, 7) is -1.73. The fourth-order valence-corrected chi connectivity index (χ4v) is 18.1. The van der Waals surface area contributed by atoms with Crippen LogP contribution in [-0.2, 0) is 99.8 Å². The van der Waals surface area contributed by atoms with Crippen molar-refractivity contribution in [3.8, 4) is 11.5 Å². The van der Waals surface area contributed by atoms with Gasteiger partial charge in [-0.15, -0.1) is 0 Å². The van der Waals surface area contributed by atoms with Gasteiger partial charge in [-0.05, 0) is 43.3 Å². The molecule has 0 radical (unpaired) electrons. The minimum Gasteiger partial charge on any atom is -0.477 e. The minimum absolute atomic E-state index is 0.154. The number of carboxylic acids is 4. The Balaban J connectivity index is 0.000000298. The average molecular weight is 2060 g/mol. The number of nitrogen functional groups attached to an aromatic ring is 1. The number of ether oxygens (including phenoxy) is 18. The molecule has 9 aliphatic heterocycles. The molecule has 9 heterocycles. The average Bonchev–Trinajstić information content (AvgIpc) is 0.745. The number of carbonyl (C=O) groups is 5. The number of nitrogens with one attached hydrogen (secondary N) is 1. The zero-order valence-corrected chi connectivity index (χ0v) is 77.1. The van der Waals surface area contributed by atoms with Gasteiger partial charge in [-0.1, -0.05) is 45.4 Å². The number of carbonyl (C=O) groups excluding carboxylic acids is 1. The highest BCUT2D eigenvalue weighted by atomic mass is 16.8. The molecule has 2 aromatic rings. The molecule has 812 valence electrons. The molecule has 43 unspecified atom stereocenters. The third-order valence-electron chi connectivity index (χ3n) is 26.8. The molecule has 9 saturated heterocycles. The largest absolute Gasteiger partial charge is 0.477 e. The van der Waals surface area contributed by atoms with E-state index in [-0.39, 0.29) is 11.5 Å². The number of aliphatic hydroxyl groups excluding tert-OH is 28. The first kappa shape index (κ1) is 117. The molecule has 142 heavy (non-hydrogen) atoms. The molecular weight excluding hydrogens is 1930 g/mol. The van der Waals surface area contributed by atoms with E-state index in [1.165, 1.54) is 64.1 Å². The quantitative estimate of drug-likeness (QED) is 0.0276. The van der Waals surface area contributed by atoms with E-state index in [1.807, 2.05) is 0 Å². The van der Waals surface area contributed by atoms with E-state index in [1.54, 1.807) is 19.1 Å². The second-order valence-corrected chi connectivity index (χ2v) is 36.6. The highest BCUT2D eigenvalue weighted by Gasteiger charge is 2.66. The van der Waals surface area contributed by atoms with Gasteiger partial charge in [0.05, 0.1) is 108 Å². The lowest BCUT2D eigenvalue weighted by Crippen LogP contribution is -2.70. The van der Waals surface area contributed by atoms with Crippen LogP contribution in [-0.4, -0.2) is 527 Å². The highest BCUT2D eigenvalue weighted by Crippen LogP contribution is 2.48. The summed E-state index contributed by atoms with van der Waals surface area (Å²) in [5, 5.41) is 348. The predicted octanol–water partition coefficient (Wildman–Crippen LogP) is -15.5. The Morgan fingerprint density at radius 1 is 0.366 bits per heavy atom. The number of hydrogen-bond acceptors (Lipinski definition) is 52. The van der Waals surface area contributed by atoms with Gasteiger partial charge in [0, 0.05) is 62.0 Å². The molecule has 57 heteroatoms. The lowest BCUT2D eigenvalue weighted by Gasteiger charge is -2.52. The van der Waals surface area contributed by atoms with Crippen LogP contribution < -0.4 is 20.5 Å². The van der Waals surface area contributed by atoms with Crippen LogP contribution in [0.15, 0.2) is 48.5 Å². The van der Waals surface area contributed by atoms with Gasteiger partial charge in [-0.3, -0.25) is 4.79 Å². The van der Waals surface area contributed by atoms with Crippen molar-refractivity contribution < 1.29 is 273 Å². The van der Waals surface area contributed by atoms with E-state index in [0.29, 0.717) is 5.69 Å². The molecule has 11 rings (SSSR count). The van der Waals surface area contributed by atoms with Crippen LogP contribution in [0.4, 0.5) is 5.69 Å². The van der Waals surface area contributed by atoms with Crippen molar-refractivity contribution in [1.29, 1.82) is 0 Å². The van der Waals surface area contributed by atoms with E-state index in [2.05, 4.69) is 5.32 Å². The number of benzene rings is 2. The molecule has 2 aromatic carbocycles. The summed E-state index contributed by atoms with van der Waals surface area (Å²) < 4.78 is 104. The van der Waals surface area contributed by atoms with Gasteiger partial charge < -0.3 is 260 Å². The zero-order valence-electron chi connectivity index (χ0n) is 77.1. The normalized spacial score (nSPS) is 42.8. The highest BCUT2D eigenvalue weighted by molar-refractivity contribution is 5.78. The van der Waals surface area contributed by atoms with E-state index in [0.717, 1.165) is 12.5 Å². The van der Waals surface area contributed by atoms with Crippen LogP contribution in [0.2, 0.25) is 0 Å². The van der Waals surface area contributed by atoms with Gasteiger partial charge in [-0.25, -0.2) is 19.2 Å². The third-order valence-corrected chi connectivity index (χ3v) is 26.8. The summed E-state index contributed by atoms with van der Waals surface area (Å²) in [5.41, 5.74) is 6.92. The second-order valence-electron chi connectivity index (χ2n) is 36.6. The standard InChI is InChI=1S/C47H73NO30.C38H59NO25/c1-16-5-7-20(8-6-16)69-42-34(63)33(62)38(26(14-52)71-42)73-43-35(64)40(39(27(15-53)72-43)74-41-28(48-19(4)54)32(61)30(59)24(12-50)70-41)78-47(45(67)68)10-22(56)18(3)37(77-47)31(60)25(13-51)75-46(44(65)66)9-21(55)17(2)36(76-46)29(58)23(57)11-49;1-13-17(44)7-37(35(53)54,62-29(13)23(47)19(46)9-40)61-21(11-42)25(49)30-14(2)18(45)8-38(63-30,36(55)56)64-32-24(48)20(10-41)58-34(28(32)52)60-31-22(12-43)59-33(27(51)26(31)50)57-16-5-3-15(39)4-6-16/h5-8,17-18,21-43,49-53,55-64H,9-15H2,1-4H3,(H,48,54)(H,65,66)(H,67,68);3-6,13-14,17-34,40-52H,7-12,39H2,1-2H3,(H,53,54)(H,55,56)/t17?,18?,21?,22?,23-,24?,25?,26?,27?,28?,29-,30?,31-,32?,33?,34?,35?,36?,37?,38?,39?,40?,41?,42?,43?,46?,47?;13?,14?,17?,18?,19-,20?,21?,22?,23-,24?,25-,26?,27?,28?,29?,30?,31?,32?,33?,34?,37?,38?/m11/s1. The summed E-state index contributed by atoms with van der Waals surface area (Å²) in [4.78, 5) is 64.9. The Morgan fingerprint density at radius 3 is 1.04 bits per heavy atom. The molecule has 49 atom stereocenters. The van der Waals surface area contributed by atoms with E-state index >= 15 is 0 Å². The number of nitrogens with two attached hydrogens (primary N) is 1. The lowest BCUT2D eigenvalue weighted by atomic mass is 9.83. The van der Waals surface area contributed by atoms with Crippen molar-refractivity contribution in [3.63, 3.8) is 0 Å². The number of amides is 1. The van der Waals surface area contributed by atoms with Crippen molar-refractivity contribution in [1.82, 2.24) is 5.32 Å². The van der Waals surface area contributed by atoms with Gasteiger partial charge in [0.15, 0.2) is 18.9 Å². The van der Waals surface area contributed by atoms with Crippen LogP contribution in [0, 0.1) is 30.6 Å². The maximum absolute atomic E-state index is 13.7. The number of hydrogen-bond donors (Lipinski definition) is 34. The van der Waals surface area contributed by atoms with E-state index < -0.39 is 413 Å². The van der Waals surface area contributed by atoms with E-state index in [4.69, 9.17) is 91.0 Å². The van der Waals surface area contributed by atoms with Crippen LogP contribution in [0.1, 0.15) is 65.9 Å². The van der Waals surface area contributed by atoms with Crippen molar-refractivity contribution in [3.05, 3.63) is 54.1 Å². The molecule has 0 aliphatic carbocycles. The molecular formula is C85H132N2O55. The van der Waals surface area contributed by atoms with Crippen LogP contribution >= 0.6 is 0 Å². The SMILES string of the molecule is CC(=O)NC1C(OC2C(CO)OC(OC3C(CO)OC(Oc4ccc(C)cc4)C(O)C3O)C(O)C2OC2(C(=O)O)CC(O)C(C)C([C@H](O)C(CO)OC3(C(=O)O)CC(O)C(C)C([C@H](O)[C@H](O)CO)O3)O2)OC(CO)C(O)C1O.CC1C(O)CC(OC2C(O)C(CO)OC(OC3C(CO)OC(Oc4ccc(N)cc4)C(O)C3O)C2O)(C(=O)O)OC1[C@H](O)C(CO)OC1(C(=O)O)CC(O)C(C)C([C@H](O)[C@H](O)CO)O1. The number of anilines is 1. The summed E-state index contributed by atoms with van der Waals surface area (Å²) in [7, 11) is 0. The minimum atomic E-state index is -3.33. The summed E-state index contributed by atoms with van der Waals surface area (Å²) >= 11 is 0. The zero-order chi connectivity index (χ0) is 105.